The van der Waals surface area contributed by atoms with Gasteiger partial charge in [-0.2, -0.15) is 0 Å². The van der Waals surface area contributed by atoms with Crippen LogP contribution >= 0.6 is 0 Å². The smallest absolute Gasteiger partial charge is 0.0248 e. The molecule has 0 aliphatic rings. The van der Waals surface area contributed by atoms with E-state index >= 15 is 0 Å². The summed E-state index contributed by atoms with van der Waals surface area (Å²) in [6.07, 6.45) is 2.27. The van der Waals surface area contributed by atoms with Gasteiger partial charge in [0.25, 0.3) is 0 Å². The quantitative estimate of drug-likeness (QED) is 0.794. The average molecular weight is 203 g/mol. The largest absolute Gasteiger partial charge is 0.314 e. The lowest BCUT2D eigenvalue weighted by molar-refractivity contribution is 0.696. The van der Waals surface area contributed by atoms with Crippen LogP contribution in [0.25, 0.3) is 6.08 Å². The summed E-state index contributed by atoms with van der Waals surface area (Å²) in [6.45, 7) is 8.64. The van der Waals surface area contributed by atoms with E-state index in [1.807, 2.05) is 7.05 Å². The molecular formula is C14H21N. The maximum Gasteiger partial charge on any atom is 0.0248 e. The van der Waals surface area contributed by atoms with Crippen molar-refractivity contribution in [1.29, 1.82) is 0 Å². The van der Waals surface area contributed by atoms with Crippen LogP contribution in [0, 0.1) is 13.8 Å². The lowest BCUT2D eigenvalue weighted by Crippen LogP contribution is -2.22. The van der Waals surface area contributed by atoms with Crippen LogP contribution in [0.1, 0.15) is 30.5 Å². The van der Waals surface area contributed by atoms with Crippen LogP contribution in [0.3, 0.4) is 0 Å². The second kappa shape index (κ2) is 5.13. The molecule has 1 atom stereocenters. The van der Waals surface area contributed by atoms with E-state index in [0.717, 1.165) is 0 Å². The van der Waals surface area contributed by atoms with Gasteiger partial charge >= 0.3 is 0 Å². The summed E-state index contributed by atoms with van der Waals surface area (Å²) in [4.78, 5) is 0. The van der Waals surface area contributed by atoms with E-state index in [2.05, 4.69) is 57.3 Å². The maximum atomic E-state index is 3.25. The third-order valence-electron chi connectivity index (χ3n) is 2.93. The predicted octanol–water partition coefficient (Wildman–Crippen LogP) is 3.31. The molecule has 1 N–H and O–H groups in total. The third kappa shape index (κ3) is 3.21. The lowest BCUT2D eigenvalue weighted by atomic mass is 10.0. The topological polar surface area (TPSA) is 12.0 Å². The van der Waals surface area contributed by atoms with Gasteiger partial charge in [-0.1, -0.05) is 35.4 Å². The minimum Gasteiger partial charge on any atom is -0.314 e. The molecule has 1 nitrogen and oxygen atoms in total. The second-order valence-corrected chi connectivity index (χ2v) is 4.26. The van der Waals surface area contributed by atoms with Crippen molar-refractivity contribution in [2.75, 3.05) is 7.05 Å². The van der Waals surface area contributed by atoms with Crippen LogP contribution in [0.4, 0.5) is 0 Å². The number of aryl methyl sites for hydroxylation is 2. The zero-order valence-electron chi connectivity index (χ0n) is 10.4. The van der Waals surface area contributed by atoms with Gasteiger partial charge in [-0.05, 0) is 45.9 Å². The van der Waals surface area contributed by atoms with Crippen molar-refractivity contribution in [1.82, 2.24) is 5.32 Å². The van der Waals surface area contributed by atoms with Crippen molar-refractivity contribution in [3.05, 3.63) is 40.5 Å². The molecule has 15 heavy (non-hydrogen) atoms. The van der Waals surface area contributed by atoms with Gasteiger partial charge in [0.2, 0.25) is 0 Å². The van der Waals surface area contributed by atoms with Gasteiger partial charge < -0.3 is 5.32 Å². The molecule has 0 heterocycles. The zero-order valence-corrected chi connectivity index (χ0v) is 10.4. The molecule has 0 amide bonds. The number of likely N-dealkylation sites (N-methyl/N-ethyl adjacent to an activating group) is 1. The number of hydrogen-bond donors (Lipinski definition) is 1. The first-order valence-corrected chi connectivity index (χ1v) is 5.47. The van der Waals surface area contributed by atoms with Gasteiger partial charge in [-0.25, -0.2) is 0 Å². The fourth-order valence-corrected chi connectivity index (χ4v) is 1.51. The maximum absolute atomic E-state index is 3.25. The highest BCUT2D eigenvalue weighted by atomic mass is 14.8. The first-order chi connectivity index (χ1) is 7.04. The van der Waals surface area contributed by atoms with E-state index in [4.69, 9.17) is 0 Å². The van der Waals surface area contributed by atoms with E-state index in [1.54, 1.807) is 0 Å². The molecule has 0 fully saturated rings. The van der Waals surface area contributed by atoms with Gasteiger partial charge in [-0.3, -0.25) is 0 Å². The predicted molar refractivity (Wildman–Crippen MR) is 68.1 cm³/mol. The van der Waals surface area contributed by atoms with Gasteiger partial charge in [-0.15, -0.1) is 0 Å². The fourth-order valence-electron chi connectivity index (χ4n) is 1.51. The Labute approximate surface area is 93.2 Å². The van der Waals surface area contributed by atoms with Crippen LogP contribution in [-0.4, -0.2) is 13.1 Å². The van der Waals surface area contributed by atoms with E-state index in [9.17, 15) is 0 Å². The lowest BCUT2D eigenvalue weighted by Gasteiger charge is -2.11. The first-order valence-electron chi connectivity index (χ1n) is 5.47. The molecule has 0 aliphatic carbocycles. The molecule has 0 aromatic heterocycles. The first kappa shape index (κ1) is 12.0. The SMILES string of the molecule is CNC(C)/C(C)=C/c1cc(C)ccc1C. The van der Waals surface area contributed by atoms with E-state index < -0.39 is 0 Å². The van der Waals surface area contributed by atoms with Crippen LogP contribution in [-0.2, 0) is 0 Å². The molecule has 0 radical (unpaired) electrons. The minimum atomic E-state index is 0.435. The van der Waals surface area contributed by atoms with Crippen molar-refractivity contribution in [3.8, 4) is 0 Å². The van der Waals surface area contributed by atoms with Crippen molar-refractivity contribution in [3.63, 3.8) is 0 Å². The van der Waals surface area contributed by atoms with E-state index in [-0.39, 0.29) is 0 Å². The normalized spacial score (nSPS) is 14.1. The summed E-state index contributed by atoms with van der Waals surface area (Å²) in [5, 5.41) is 3.25. The van der Waals surface area contributed by atoms with Crippen LogP contribution < -0.4 is 5.32 Å². The second-order valence-electron chi connectivity index (χ2n) is 4.26. The molecule has 0 saturated heterocycles. The third-order valence-corrected chi connectivity index (χ3v) is 2.93. The van der Waals surface area contributed by atoms with Gasteiger partial charge in [0, 0.05) is 6.04 Å². The van der Waals surface area contributed by atoms with Crippen molar-refractivity contribution in [2.45, 2.75) is 33.7 Å². The molecule has 82 valence electrons. The molecule has 1 unspecified atom stereocenters. The van der Waals surface area contributed by atoms with Gasteiger partial charge in [0.1, 0.15) is 0 Å². The molecule has 0 spiro atoms. The number of hydrogen-bond acceptors (Lipinski definition) is 1. The standard InChI is InChI=1S/C14H21N/c1-10-6-7-11(2)14(8-10)9-12(3)13(4)15-5/h6-9,13,15H,1-5H3/b12-9+. The number of rotatable bonds is 3. The molecule has 1 aromatic rings. The van der Waals surface area contributed by atoms with E-state index in [0.29, 0.717) is 6.04 Å². The zero-order chi connectivity index (χ0) is 11.4. The molecule has 1 heteroatoms. The van der Waals surface area contributed by atoms with Crippen LogP contribution in [0.5, 0.6) is 0 Å². The monoisotopic (exact) mass is 203 g/mol. The van der Waals surface area contributed by atoms with Crippen molar-refractivity contribution >= 4 is 6.08 Å². The van der Waals surface area contributed by atoms with Gasteiger partial charge in [0.05, 0.1) is 0 Å². The Morgan fingerprint density at radius 2 is 2.00 bits per heavy atom. The molecule has 1 rings (SSSR count). The summed E-state index contributed by atoms with van der Waals surface area (Å²) in [5.41, 5.74) is 5.35. The Balaban J connectivity index is 3.01. The molecule has 0 bridgehead atoms. The minimum absolute atomic E-state index is 0.435. The summed E-state index contributed by atoms with van der Waals surface area (Å²) in [6, 6.07) is 7.01. The number of nitrogens with one attached hydrogen (secondary N) is 1. The Morgan fingerprint density at radius 1 is 1.33 bits per heavy atom. The molecule has 1 aromatic carbocycles. The Morgan fingerprint density at radius 3 is 2.60 bits per heavy atom. The van der Waals surface area contributed by atoms with Crippen molar-refractivity contribution in [2.24, 2.45) is 0 Å². The van der Waals surface area contributed by atoms with Crippen LogP contribution in [0.2, 0.25) is 0 Å². The summed E-state index contributed by atoms with van der Waals surface area (Å²) >= 11 is 0. The number of benzene rings is 1. The molecular weight excluding hydrogens is 182 g/mol. The summed E-state index contributed by atoms with van der Waals surface area (Å²) in [7, 11) is 1.99. The molecule has 0 saturated carbocycles. The highest BCUT2D eigenvalue weighted by Crippen LogP contribution is 2.15. The summed E-state index contributed by atoms with van der Waals surface area (Å²) < 4.78 is 0. The van der Waals surface area contributed by atoms with E-state index in [1.165, 1.54) is 22.3 Å². The Hall–Kier alpha value is -1.08. The highest BCUT2D eigenvalue weighted by Gasteiger charge is 2.01. The van der Waals surface area contributed by atoms with Crippen molar-refractivity contribution < 1.29 is 0 Å². The Kier molecular flexibility index (Phi) is 4.10. The summed E-state index contributed by atoms with van der Waals surface area (Å²) in [5.74, 6) is 0. The molecule has 0 aliphatic heterocycles. The highest BCUT2D eigenvalue weighted by molar-refractivity contribution is 5.57. The Bertz CT molecular complexity index is 364. The van der Waals surface area contributed by atoms with Gasteiger partial charge in [0.15, 0.2) is 0 Å². The average Bonchev–Trinajstić information content (AvgIpc) is 2.22. The van der Waals surface area contributed by atoms with Crippen LogP contribution in [0.15, 0.2) is 23.8 Å². The fraction of sp³-hybridized carbons (Fsp3) is 0.429.